The Morgan fingerprint density at radius 3 is 2.57 bits per heavy atom. The molecule has 3 nitrogen and oxygen atoms in total. The van der Waals surface area contributed by atoms with Crippen LogP contribution in [-0.4, -0.2) is 23.2 Å². The highest BCUT2D eigenvalue weighted by atomic mass is 32.2. The fourth-order valence-electron chi connectivity index (χ4n) is 1.99. The summed E-state index contributed by atoms with van der Waals surface area (Å²) >= 11 is 1.78. The minimum absolute atomic E-state index is 0.572. The molecule has 3 rings (SSSR count). The number of anilines is 1. The van der Waals surface area contributed by atoms with Crippen LogP contribution < -0.4 is 5.32 Å². The Bertz CT molecular complexity index is 647. The van der Waals surface area contributed by atoms with Crippen molar-refractivity contribution >= 4 is 34.5 Å². The van der Waals surface area contributed by atoms with Gasteiger partial charge in [0, 0.05) is 17.2 Å². The number of rotatable bonds is 3. The molecule has 0 saturated heterocycles. The molecule has 0 aliphatic carbocycles. The van der Waals surface area contributed by atoms with Crippen molar-refractivity contribution in [2.24, 2.45) is 9.98 Å². The monoisotopic (exact) mass is 295 g/mol. The van der Waals surface area contributed by atoms with E-state index in [2.05, 4.69) is 22.2 Å². The second kappa shape index (κ2) is 6.59. The molecule has 1 heterocycles. The van der Waals surface area contributed by atoms with Crippen LogP contribution in [0.15, 0.2) is 64.6 Å². The molecule has 0 amide bonds. The van der Waals surface area contributed by atoms with Gasteiger partial charge >= 0.3 is 0 Å². The van der Waals surface area contributed by atoms with Crippen LogP contribution in [0, 0.1) is 0 Å². The Balaban J connectivity index is 1.63. The zero-order valence-corrected chi connectivity index (χ0v) is 12.7. The first-order valence-corrected chi connectivity index (χ1v) is 7.85. The predicted molar refractivity (Wildman–Crippen MR) is 93.1 cm³/mol. The highest BCUT2D eigenvalue weighted by Gasteiger charge is 2.14. The van der Waals surface area contributed by atoms with E-state index >= 15 is 0 Å². The largest absolute Gasteiger partial charge is 0.335 e. The van der Waals surface area contributed by atoms with Gasteiger partial charge in [0.15, 0.2) is 5.17 Å². The van der Waals surface area contributed by atoms with Crippen molar-refractivity contribution in [3.63, 3.8) is 0 Å². The Hall–Kier alpha value is -2.07. The van der Waals surface area contributed by atoms with E-state index < -0.39 is 0 Å². The summed E-state index contributed by atoms with van der Waals surface area (Å²) in [6.07, 6.45) is 1.88. The average molecular weight is 295 g/mol. The first kappa shape index (κ1) is 13.9. The number of hydrogen-bond donors (Lipinski definition) is 1. The van der Waals surface area contributed by atoms with Crippen LogP contribution in [0.1, 0.15) is 12.5 Å². The smallest absolute Gasteiger partial charge is 0.161 e. The van der Waals surface area contributed by atoms with Gasteiger partial charge in [-0.2, -0.15) is 0 Å². The van der Waals surface area contributed by atoms with E-state index in [1.165, 1.54) is 0 Å². The lowest BCUT2D eigenvalue weighted by molar-refractivity contribution is 0.976. The highest BCUT2D eigenvalue weighted by Crippen LogP contribution is 2.23. The Morgan fingerprint density at radius 2 is 1.90 bits per heavy atom. The number of amidine groups is 1. The molecule has 0 saturated carbocycles. The molecule has 21 heavy (non-hydrogen) atoms. The van der Waals surface area contributed by atoms with E-state index in [4.69, 9.17) is 0 Å². The molecule has 1 atom stereocenters. The maximum atomic E-state index is 4.47. The van der Waals surface area contributed by atoms with E-state index in [9.17, 15) is 0 Å². The lowest BCUT2D eigenvalue weighted by Crippen LogP contribution is -2.05. The summed E-state index contributed by atoms with van der Waals surface area (Å²) in [6.45, 7) is 3.08. The third kappa shape index (κ3) is 3.95. The number of nitrogens with one attached hydrogen (secondary N) is 1. The molecule has 2 aromatic rings. The van der Waals surface area contributed by atoms with Gasteiger partial charge in [0.05, 0.1) is 12.2 Å². The van der Waals surface area contributed by atoms with Gasteiger partial charge in [0.25, 0.3) is 0 Å². The first-order chi connectivity index (χ1) is 10.3. The van der Waals surface area contributed by atoms with E-state index in [0.717, 1.165) is 28.7 Å². The molecular weight excluding hydrogens is 278 g/mol. The fraction of sp³-hybridized carbons (Fsp3) is 0.176. The quantitative estimate of drug-likeness (QED) is 0.855. The maximum absolute atomic E-state index is 4.47. The molecule has 4 heteroatoms. The van der Waals surface area contributed by atoms with Gasteiger partial charge in [-0.05, 0) is 29.8 Å². The minimum Gasteiger partial charge on any atom is -0.335 e. The van der Waals surface area contributed by atoms with Crippen molar-refractivity contribution in [1.29, 1.82) is 0 Å². The van der Waals surface area contributed by atoms with Gasteiger partial charge < -0.3 is 5.32 Å². The van der Waals surface area contributed by atoms with E-state index in [1.807, 2.05) is 60.8 Å². The maximum Gasteiger partial charge on any atom is 0.161 e. The molecule has 1 N–H and O–H groups in total. The Labute approximate surface area is 129 Å². The summed E-state index contributed by atoms with van der Waals surface area (Å²) in [5, 5.41) is 4.91. The van der Waals surface area contributed by atoms with Gasteiger partial charge in [-0.3, -0.25) is 9.98 Å². The van der Waals surface area contributed by atoms with Gasteiger partial charge in [0.2, 0.25) is 0 Å². The van der Waals surface area contributed by atoms with Crippen LogP contribution in [0.4, 0.5) is 11.4 Å². The molecule has 106 valence electrons. The number of hydrogen-bond acceptors (Lipinski definition) is 4. The molecular formula is C17H17N3S. The predicted octanol–water partition coefficient (Wildman–Crippen LogP) is 4.34. The second-order valence-electron chi connectivity index (χ2n) is 4.92. The molecule has 0 bridgehead atoms. The lowest BCUT2D eigenvalue weighted by Gasteiger charge is -2.05. The standard InChI is InChI=1S/C17H17N3S/c1-13-11-19-17(21-13)20-16-9-7-15(8-10-16)18-12-14-5-3-2-4-6-14/h2-10,12-13H,11H2,1H3,(H,19,20)/t13-/m1/s1. The fourth-order valence-corrected chi connectivity index (χ4v) is 2.84. The summed E-state index contributed by atoms with van der Waals surface area (Å²) < 4.78 is 0. The van der Waals surface area contributed by atoms with E-state index in [0.29, 0.717) is 5.25 Å². The van der Waals surface area contributed by atoms with Gasteiger partial charge in [0.1, 0.15) is 0 Å². The van der Waals surface area contributed by atoms with Crippen LogP contribution >= 0.6 is 11.8 Å². The lowest BCUT2D eigenvalue weighted by atomic mass is 10.2. The molecule has 1 aliphatic rings. The van der Waals surface area contributed by atoms with E-state index in [1.54, 1.807) is 11.8 Å². The third-order valence-electron chi connectivity index (χ3n) is 3.09. The topological polar surface area (TPSA) is 36.8 Å². The Morgan fingerprint density at radius 1 is 1.14 bits per heavy atom. The van der Waals surface area contributed by atoms with Crippen molar-refractivity contribution in [1.82, 2.24) is 0 Å². The summed E-state index contributed by atoms with van der Waals surface area (Å²) in [5.74, 6) is 0. The molecule has 0 unspecified atom stereocenters. The molecule has 0 fully saturated rings. The SMILES string of the molecule is C[C@@H]1CN=C(Nc2ccc(N=Cc3ccccc3)cc2)S1. The van der Waals surface area contributed by atoms with Crippen molar-refractivity contribution in [3.05, 3.63) is 60.2 Å². The minimum atomic E-state index is 0.572. The number of aliphatic imine (C=N–C) groups is 2. The summed E-state index contributed by atoms with van der Waals surface area (Å²) in [5.41, 5.74) is 3.10. The molecule has 0 radical (unpaired) electrons. The molecule has 0 spiro atoms. The highest BCUT2D eigenvalue weighted by molar-refractivity contribution is 8.15. The van der Waals surface area contributed by atoms with Crippen LogP contribution in [0.25, 0.3) is 0 Å². The first-order valence-electron chi connectivity index (χ1n) is 6.97. The van der Waals surface area contributed by atoms with Gasteiger partial charge in [-0.1, -0.05) is 49.0 Å². The van der Waals surface area contributed by atoms with E-state index in [-0.39, 0.29) is 0 Å². The zero-order chi connectivity index (χ0) is 14.5. The molecule has 0 aromatic heterocycles. The van der Waals surface area contributed by atoms with Crippen molar-refractivity contribution in [2.45, 2.75) is 12.2 Å². The zero-order valence-electron chi connectivity index (χ0n) is 11.9. The molecule has 2 aromatic carbocycles. The van der Waals surface area contributed by atoms with Crippen molar-refractivity contribution in [2.75, 3.05) is 11.9 Å². The van der Waals surface area contributed by atoms with Crippen LogP contribution in [-0.2, 0) is 0 Å². The van der Waals surface area contributed by atoms with Crippen LogP contribution in [0.5, 0.6) is 0 Å². The Kier molecular flexibility index (Phi) is 4.36. The van der Waals surface area contributed by atoms with Crippen LogP contribution in [0.2, 0.25) is 0 Å². The second-order valence-corrected chi connectivity index (χ2v) is 6.34. The van der Waals surface area contributed by atoms with Crippen LogP contribution in [0.3, 0.4) is 0 Å². The molecule has 1 aliphatic heterocycles. The number of nitrogens with zero attached hydrogens (tertiary/aromatic N) is 2. The summed E-state index contributed by atoms with van der Waals surface area (Å²) in [4.78, 5) is 8.92. The van der Waals surface area contributed by atoms with Crippen molar-refractivity contribution < 1.29 is 0 Å². The average Bonchev–Trinajstić information content (AvgIpc) is 2.93. The summed E-state index contributed by atoms with van der Waals surface area (Å²) in [7, 11) is 0. The summed E-state index contributed by atoms with van der Waals surface area (Å²) in [6, 6.07) is 18.2. The van der Waals surface area contributed by atoms with Gasteiger partial charge in [-0.25, -0.2) is 0 Å². The van der Waals surface area contributed by atoms with Crippen molar-refractivity contribution in [3.8, 4) is 0 Å². The third-order valence-corrected chi connectivity index (χ3v) is 4.09. The number of benzene rings is 2. The number of thioether (sulfide) groups is 1. The van der Waals surface area contributed by atoms with Gasteiger partial charge in [-0.15, -0.1) is 0 Å². The normalized spacial score (nSPS) is 18.0.